The molecule has 0 aliphatic carbocycles. The van der Waals surface area contributed by atoms with E-state index in [2.05, 4.69) is 5.32 Å². The third-order valence-corrected chi connectivity index (χ3v) is 8.48. The quantitative estimate of drug-likeness (QED) is 0.334. The normalized spacial score (nSPS) is 12.7. The Bertz CT molecular complexity index is 1370. The molecule has 0 aliphatic heterocycles. The Morgan fingerprint density at radius 3 is 2.15 bits per heavy atom. The van der Waals surface area contributed by atoms with Crippen LogP contribution >= 0.6 is 11.6 Å². The van der Waals surface area contributed by atoms with Gasteiger partial charge in [0.1, 0.15) is 18.3 Å². The monoisotopic (exact) mass is 571 g/mol. The zero-order chi connectivity index (χ0) is 28.6. The van der Waals surface area contributed by atoms with Gasteiger partial charge in [0, 0.05) is 12.6 Å². The predicted molar refractivity (Wildman–Crippen MR) is 153 cm³/mol. The van der Waals surface area contributed by atoms with Crippen LogP contribution in [0.4, 0.5) is 5.69 Å². The average Bonchev–Trinajstić information content (AvgIpc) is 2.94. The number of ether oxygens (including phenoxy) is 1. The summed E-state index contributed by atoms with van der Waals surface area (Å²) in [5.74, 6) is -0.500. The smallest absolute Gasteiger partial charge is 0.264 e. The topological polar surface area (TPSA) is 96.0 Å². The molecule has 10 heteroatoms. The molecule has 0 aliphatic rings. The molecule has 0 heterocycles. The molecular weight excluding hydrogens is 538 g/mol. The van der Waals surface area contributed by atoms with Gasteiger partial charge in [-0.3, -0.25) is 13.9 Å². The van der Waals surface area contributed by atoms with Gasteiger partial charge in [0.25, 0.3) is 10.0 Å². The maximum atomic E-state index is 13.9. The van der Waals surface area contributed by atoms with Crippen LogP contribution in [0, 0.1) is 0 Å². The van der Waals surface area contributed by atoms with Gasteiger partial charge in [-0.1, -0.05) is 67.1 Å². The highest BCUT2D eigenvalue weighted by molar-refractivity contribution is 7.92. The van der Waals surface area contributed by atoms with Gasteiger partial charge in [0.2, 0.25) is 11.8 Å². The van der Waals surface area contributed by atoms with Gasteiger partial charge in [0.15, 0.2) is 0 Å². The van der Waals surface area contributed by atoms with Crippen molar-refractivity contribution < 1.29 is 22.7 Å². The summed E-state index contributed by atoms with van der Waals surface area (Å²) in [7, 11) is -2.72. The second kappa shape index (κ2) is 13.5. The number of carbonyl (C=O) groups is 2. The SMILES string of the molecule is CC[C@H](C)NC(=O)[C@H](C)N(Cc1ccccc1)C(=O)CN(c1ccc(OC)c(Cl)c1)S(=O)(=O)c1ccccc1. The lowest BCUT2D eigenvalue weighted by Crippen LogP contribution is -2.52. The van der Waals surface area contributed by atoms with Crippen LogP contribution in [-0.2, 0) is 26.2 Å². The molecule has 0 radical (unpaired) electrons. The minimum absolute atomic E-state index is 0.0157. The molecule has 2 amide bonds. The molecule has 208 valence electrons. The number of nitrogens with one attached hydrogen (secondary N) is 1. The molecule has 0 aromatic heterocycles. The summed E-state index contributed by atoms with van der Waals surface area (Å²) in [5, 5.41) is 3.11. The van der Waals surface area contributed by atoms with Crippen LogP contribution in [-0.4, -0.2) is 50.9 Å². The highest BCUT2D eigenvalue weighted by Crippen LogP contribution is 2.32. The van der Waals surface area contributed by atoms with Gasteiger partial charge in [-0.05, 0) is 56.2 Å². The zero-order valence-corrected chi connectivity index (χ0v) is 24.1. The van der Waals surface area contributed by atoms with Crippen molar-refractivity contribution in [3.63, 3.8) is 0 Å². The minimum Gasteiger partial charge on any atom is -0.495 e. The minimum atomic E-state index is -4.17. The highest BCUT2D eigenvalue weighted by Gasteiger charge is 2.33. The second-order valence-corrected chi connectivity index (χ2v) is 11.4. The Morgan fingerprint density at radius 2 is 1.59 bits per heavy atom. The van der Waals surface area contributed by atoms with Crippen LogP contribution in [0.5, 0.6) is 5.75 Å². The molecule has 3 aromatic carbocycles. The maximum Gasteiger partial charge on any atom is 0.264 e. The summed E-state index contributed by atoms with van der Waals surface area (Å²) in [6.45, 7) is 5.05. The summed E-state index contributed by atoms with van der Waals surface area (Å²) < 4.78 is 33.8. The first-order valence-corrected chi connectivity index (χ1v) is 14.4. The number of carbonyl (C=O) groups excluding carboxylic acids is 2. The van der Waals surface area contributed by atoms with Crippen molar-refractivity contribution in [1.29, 1.82) is 0 Å². The lowest BCUT2D eigenvalue weighted by molar-refractivity contribution is -0.139. The highest BCUT2D eigenvalue weighted by atomic mass is 35.5. The van der Waals surface area contributed by atoms with E-state index in [1.807, 2.05) is 44.2 Å². The summed E-state index contributed by atoms with van der Waals surface area (Å²) >= 11 is 6.34. The molecule has 0 saturated heterocycles. The predicted octanol–water partition coefficient (Wildman–Crippen LogP) is 4.88. The molecule has 2 atom stereocenters. The average molecular weight is 572 g/mol. The molecule has 0 bridgehead atoms. The van der Waals surface area contributed by atoms with Gasteiger partial charge in [-0.15, -0.1) is 0 Å². The Hall–Kier alpha value is -3.56. The summed E-state index contributed by atoms with van der Waals surface area (Å²) in [5.41, 5.74) is 0.994. The fourth-order valence-corrected chi connectivity index (χ4v) is 5.57. The number of nitrogens with zero attached hydrogens (tertiary/aromatic N) is 2. The Balaban J connectivity index is 2.03. The Kier molecular flexibility index (Phi) is 10.4. The van der Waals surface area contributed by atoms with Crippen molar-refractivity contribution in [2.45, 2.75) is 50.7 Å². The van der Waals surface area contributed by atoms with E-state index in [9.17, 15) is 18.0 Å². The molecule has 39 heavy (non-hydrogen) atoms. The third kappa shape index (κ3) is 7.52. The molecule has 0 unspecified atom stereocenters. The first-order valence-electron chi connectivity index (χ1n) is 12.6. The zero-order valence-electron chi connectivity index (χ0n) is 22.5. The number of rotatable bonds is 12. The molecule has 1 N–H and O–H groups in total. The largest absolute Gasteiger partial charge is 0.495 e. The van der Waals surface area contributed by atoms with E-state index in [1.54, 1.807) is 31.2 Å². The van der Waals surface area contributed by atoms with Crippen LogP contribution in [0.25, 0.3) is 0 Å². The number of hydrogen-bond donors (Lipinski definition) is 1. The van der Waals surface area contributed by atoms with E-state index in [4.69, 9.17) is 16.3 Å². The molecule has 0 spiro atoms. The third-order valence-electron chi connectivity index (χ3n) is 6.40. The van der Waals surface area contributed by atoms with Crippen LogP contribution < -0.4 is 14.4 Å². The summed E-state index contributed by atoms with van der Waals surface area (Å²) in [4.78, 5) is 28.4. The lowest BCUT2D eigenvalue weighted by Gasteiger charge is -2.32. The second-order valence-electron chi connectivity index (χ2n) is 9.14. The van der Waals surface area contributed by atoms with E-state index in [0.29, 0.717) is 5.75 Å². The number of methoxy groups -OCH3 is 1. The van der Waals surface area contributed by atoms with Crippen LogP contribution in [0.15, 0.2) is 83.8 Å². The van der Waals surface area contributed by atoms with Gasteiger partial charge in [0.05, 0.1) is 22.7 Å². The number of benzene rings is 3. The first-order chi connectivity index (χ1) is 18.6. The van der Waals surface area contributed by atoms with E-state index >= 15 is 0 Å². The Labute approximate surface area is 235 Å². The molecular formula is C29H34ClN3O5S. The molecule has 0 fully saturated rings. The number of halogens is 1. The van der Waals surface area contributed by atoms with Crippen molar-refractivity contribution in [3.05, 3.63) is 89.4 Å². The number of anilines is 1. The number of sulfonamides is 1. The first kappa shape index (κ1) is 30.0. The fraction of sp³-hybridized carbons (Fsp3) is 0.310. The van der Waals surface area contributed by atoms with Crippen molar-refractivity contribution in [1.82, 2.24) is 10.2 Å². The molecule has 0 saturated carbocycles. The maximum absolute atomic E-state index is 13.9. The van der Waals surface area contributed by atoms with Crippen LogP contribution in [0.2, 0.25) is 5.02 Å². The standard InChI is InChI=1S/C29H34ClN3O5S/c1-5-21(2)31-29(35)22(3)32(19-23-12-8-6-9-13-23)28(34)20-33(24-16-17-27(38-4)26(30)18-24)39(36,37)25-14-10-7-11-15-25/h6-18,21-22H,5,19-20H2,1-4H3,(H,31,35)/t21-,22-/m0/s1. The van der Waals surface area contributed by atoms with E-state index in [1.165, 1.54) is 36.3 Å². The van der Waals surface area contributed by atoms with Crippen molar-refractivity contribution >= 4 is 39.1 Å². The van der Waals surface area contributed by atoms with Crippen LogP contribution in [0.3, 0.4) is 0 Å². The van der Waals surface area contributed by atoms with E-state index < -0.39 is 28.5 Å². The molecule has 3 aromatic rings. The lowest BCUT2D eigenvalue weighted by atomic mass is 10.1. The Morgan fingerprint density at radius 1 is 0.974 bits per heavy atom. The van der Waals surface area contributed by atoms with Crippen LogP contribution in [0.1, 0.15) is 32.8 Å². The number of amides is 2. The fourth-order valence-electron chi connectivity index (χ4n) is 3.89. The molecule has 8 nitrogen and oxygen atoms in total. The van der Waals surface area contributed by atoms with E-state index in [0.717, 1.165) is 16.3 Å². The summed E-state index contributed by atoms with van der Waals surface area (Å²) in [6, 6.07) is 20.7. The van der Waals surface area contributed by atoms with Crippen molar-refractivity contribution in [3.8, 4) is 5.75 Å². The van der Waals surface area contributed by atoms with Crippen molar-refractivity contribution in [2.75, 3.05) is 18.0 Å². The van der Waals surface area contributed by atoms with Gasteiger partial charge in [-0.2, -0.15) is 0 Å². The summed E-state index contributed by atoms with van der Waals surface area (Å²) in [6.07, 6.45) is 0.729. The number of hydrogen-bond acceptors (Lipinski definition) is 5. The van der Waals surface area contributed by atoms with Gasteiger partial charge < -0.3 is 15.0 Å². The van der Waals surface area contributed by atoms with Gasteiger partial charge in [-0.25, -0.2) is 8.42 Å². The van der Waals surface area contributed by atoms with Gasteiger partial charge >= 0.3 is 0 Å². The van der Waals surface area contributed by atoms with E-state index in [-0.39, 0.29) is 34.1 Å². The molecule has 3 rings (SSSR count). The van der Waals surface area contributed by atoms with Crippen molar-refractivity contribution in [2.24, 2.45) is 0 Å².